The van der Waals surface area contributed by atoms with Gasteiger partial charge in [-0.05, 0) is 25.0 Å². The molecule has 7 nitrogen and oxygen atoms in total. The Morgan fingerprint density at radius 1 is 1.21 bits per heavy atom. The number of benzene rings is 1. The van der Waals surface area contributed by atoms with Crippen LogP contribution in [-0.4, -0.2) is 61.6 Å². The van der Waals surface area contributed by atoms with E-state index in [0.29, 0.717) is 16.3 Å². The molecular weight excluding hydrogens is 379 g/mol. The van der Waals surface area contributed by atoms with Crippen LogP contribution < -0.4 is 15.0 Å². The third-order valence-corrected chi connectivity index (χ3v) is 4.96. The molecular formula is C18H20F3N3O4. The SMILES string of the molecule is CN1C(=O)C(CNC(=O)C2CCN(C(=O)C(F)(F)F)CC2)Oc2ccccc21. The van der Waals surface area contributed by atoms with Crippen LogP contribution in [0, 0.1) is 5.92 Å². The Morgan fingerprint density at radius 2 is 1.86 bits per heavy atom. The molecule has 1 aromatic carbocycles. The lowest BCUT2D eigenvalue weighted by atomic mass is 9.95. The zero-order chi connectivity index (χ0) is 20.5. The monoisotopic (exact) mass is 399 g/mol. The Labute approximate surface area is 159 Å². The fourth-order valence-corrected chi connectivity index (χ4v) is 3.36. The van der Waals surface area contributed by atoms with Crippen LogP contribution in [0.15, 0.2) is 24.3 Å². The summed E-state index contributed by atoms with van der Waals surface area (Å²) in [5.41, 5.74) is 0.636. The molecule has 0 radical (unpaired) electrons. The zero-order valence-corrected chi connectivity index (χ0v) is 15.2. The van der Waals surface area contributed by atoms with E-state index in [4.69, 9.17) is 4.74 Å². The number of carbonyl (C=O) groups is 3. The smallest absolute Gasteiger partial charge is 0.471 e. The maximum atomic E-state index is 12.5. The molecule has 0 aromatic heterocycles. The minimum Gasteiger partial charge on any atom is -0.477 e. The molecule has 3 amide bonds. The van der Waals surface area contributed by atoms with Crippen molar-refractivity contribution in [1.29, 1.82) is 0 Å². The number of nitrogens with zero attached hydrogens (tertiary/aromatic N) is 2. The van der Waals surface area contributed by atoms with Gasteiger partial charge < -0.3 is 19.9 Å². The summed E-state index contributed by atoms with van der Waals surface area (Å²) in [5, 5.41) is 2.64. The molecule has 28 heavy (non-hydrogen) atoms. The summed E-state index contributed by atoms with van der Waals surface area (Å²) in [7, 11) is 1.62. The number of nitrogens with one attached hydrogen (secondary N) is 1. The van der Waals surface area contributed by atoms with Gasteiger partial charge in [-0.2, -0.15) is 13.2 Å². The van der Waals surface area contributed by atoms with Crippen LogP contribution in [0.2, 0.25) is 0 Å². The average molecular weight is 399 g/mol. The molecule has 0 bridgehead atoms. The molecule has 152 valence electrons. The van der Waals surface area contributed by atoms with E-state index in [1.165, 1.54) is 4.90 Å². The van der Waals surface area contributed by atoms with Crippen LogP contribution >= 0.6 is 0 Å². The van der Waals surface area contributed by atoms with Crippen molar-refractivity contribution in [3.63, 3.8) is 0 Å². The molecule has 1 saturated heterocycles. The predicted molar refractivity (Wildman–Crippen MR) is 92.6 cm³/mol. The number of likely N-dealkylation sites (N-methyl/N-ethyl adjacent to an activating group) is 1. The number of fused-ring (bicyclic) bond motifs is 1. The highest BCUT2D eigenvalue weighted by Crippen LogP contribution is 2.32. The number of anilines is 1. The average Bonchev–Trinajstić information content (AvgIpc) is 2.68. The van der Waals surface area contributed by atoms with E-state index in [0.717, 1.165) is 0 Å². The second kappa shape index (κ2) is 7.69. The summed E-state index contributed by atoms with van der Waals surface area (Å²) in [5.74, 6) is -2.53. The molecule has 2 heterocycles. The maximum Gasteiger partial charge on any atom is 0.471 e. The molecule has 1 atom stereocenters. The summed E-state index contributed by atoms with van der Waals surface area (Å²) in [4.78, 5) is 38.1. The Balaban J connectivity index is 1.52. The van der Waals surface area contributed by atoms with E-state index >= 15 is 0 Å². The van der Waals surface area contributed by atoms with Crippen molar-refractivity contribution in [3.8, 4) is 5.75 Å². The molecule has 1 aromatic rings. The summed E-state index contributed by atoms with van der Waals surface area (Å²) >= 11 is 0. The van der Waals surface area contributed by atoms with Crippen molar-refractivity contribution < 1.29 is 32.3 Å². The number of amides is 3. The highest BCUT2D eigenvalue weighted by molar-refractivity contribution is 6.00. The van der Waals surface area contributed by atoms with Gasteiger partial charge in [0.25, 0.3) is 5.91 Å². The normalized spacial score (nSPS) is 20.4. The fraction of sp³-hybridized carbons (Fsp3) is 0.500. The molecule has 1 unspecified atom stereocenters. The van der Waals surface area contributed by atoms with Crippen molar-refractivity contribution in [3.05, 3.63) is 24.3 Å². The molecule has 10 heteroatoms. The number of alkyl halides is 3. The summed E-state index contributed by atoms with van der Waals surface area (Å²) in [6, 6.07) is 7.02. The quantitative estimate of drug-likeness (QED) is 0.832. The lowest BCUT2D eigenvalue weighted by Crippen LogP contribution is -2.51. The molecule has 0 spiro atoms. The predicted octanol–water partition coefficient (Wildman–Crippen LogP) is 1.33. The van der Waals surface area contributed by atoms with E-state index < -0.39 is 24.1 Å². The first-order chi connectivity index (χ1) is 13.2. The standard InChI is InChI=1S/C18H20F3N3O4/c1-23-12-4-2-3-5-13(12)28-14(16(23)26)10-22-15(25)11-6-8-24(9-7-11)17(27)18(19,20)21/h2-5,11,14H,6-10H2,1H3,(H,22,25). The van der Waals surface area contributed by atoms with E-state index in [1.54, 1.807) is 31.3 Å². The Morgan fingerprint density at radius 3 is 2.50 bits per heavy atom. The molecule has 0 saturated carbocycles. The van der Waals surface area contributed by atoms with Crippen LogP contribution in [-0.2, 0) is 14.4 Å². The number of likely N-dealkylation sites (tertiary alicyclic amines) is 1. The number of piperidine rings is 1. The van der Waals surface area contributed by atoms with Crippen molar-refractivity contribution in [2.45, 2.75) is 25.1 Å². The highest BCUT2D eigenvalue weighted by Gasteiger charge is 2.43. The van der Waals surface area contributed by atoms with E-state index in [2.05, 4.69) is 5.32 Å². The Hall–Kier alpha value is -2.78. The number of hydrogen-bond acceptors (Lipinski definition) is 4. The van der Waals surface area contributed by atoms with Crippen LogP contribution in [0.5, 0.6) is 5.75 Å². The third kappa shape index (κ3) is 4.05. The fourth-order valence-electron chi connectivity index (χ4n) is 3.36. The Kier molecular flexibility index (Phi) is 5.48. The Bertz CT molecular complexity index is 776. The second-order valence-electron chi connectivity index (χ2n) is 6.78. The molecule has 0 aliphatic carbocycles. The number of hydrogen-bond donors (Lipinski definition) is 1. The van der Waals surface area contributed by atoms with E-state index in [1.807, 2.05) is 0 Å². The first kappa shape index (κ1) is 20.0. The van der Waals surface area contributed by atoms with Crippen molar-refractivity contribution in [2.24, 2.45) is 5.92 Å². The first-order valence-electron chi connectivity index (χ1n) is 8.85. The summed E-state index contributed by atoms with van der Waals surface area (Å²) in [6.07, 6.45) is -5.52. The topological polar surface area (TPSA) is 79.0 Å². The van der Waals surface area contributed by atoms with Gasteiger partial charge in [-0.1, -0.05) is 12.1 Å². The number of carbonyl (C=O) groups excluding carboxylic acids is 3. The van der Waals surface area contributed by atoms with Crippen LogP contribution in [0.1, 0.15) is 12.8 Å². The van der Waals surface area contributed by atoms with Crippen molar-refractivity contribution >= 4 is 23.4 Å². The molecule has 3 rings (SSSR count). The van der Waals surface area contributed by atoms with E-state index in [9.17, 15) is 27.6 Å². The number of rotatable bonds is 3. The highest BCUT2D eigenvalue weighted by atomic mass is 19.4. The van der Waals surface area contributed by atoms with Crippen LogP contribution in [0.25, 0.3) is 0 Å². The van der Waals surface area contributed by atoms with Gasteiger partial charge in [-0.25, -0.2) is 0 Å². The van der Waals surface area contributed by atoms with Gasteiger partial charge in [0.1, 0.15) is 5.75 Å². The second-order valence-corrected chi connectivity index (χ2v) is 6.78. The van der Waals surface area contributed by atoms with E-state index in [-0.39, 0.29) is 44.3 Å². The van der Waals surface area contributed by atoms with Crippen LogP contribution in [0.3, 0.4) is 0 Å². The van der Waals surface area contributed by atoms with Gasteiger partial charge in [0.15, 0.2) is 6.10 Å². The third-order valence-electron chi connectivity index (χ3n) is 4.96. The summed E-state index contributed by atoms with van der Waals surface area (Å²) < 4.78 is 43.1. The first-order valence-corrected chi connectivity index (χ1v) is 8.85. The lowest BCUT2D eigenvalue weighted by Gasteiger charge is -2.33. The number of para-hydroxylation sites is 2. The maximum absolute atomic E-state index is 12.5. The van der Waals surface area contributed by atoms with Crippen molar-refractivity contribution in [1.82, 2.24) is 10.2 Å². The molecule has 2 aliphatic rings. The minimum absolute atomic E-state index is 0.0436. The van der Waals surface area contributed by atoms with Gasteiger partial charge >= 0.3 is 12.1 Å². The lowest BCUT2D eigenvalue weighted by molar-refractivity contribution is -0.186. The van der Waals surface area contributed by atoms with Crippen molar-refractivity contribution in [2.75, 3.05) is 31.6 Å². The largest absolute Gasteiger partial charge is 0.477 e. The number of ether oxygens (including phenoxy) is 1. The van der Waals surface area contributed by atoms with Gasteiger partial charge in [0.2, 0.25) is 5.91 Å². The van der Waals surface area contributed by atoms with Gasteiger partial charge in [0.05, 0.1) is 12.2 Å². The molecule has 1 fully saturated rings. The summed E-state index contributed by atoms with van der Waals surface area (Å²) in [6.45, 7) is -0.311. The molecule has 2 aliphatic heterocycles. The zero-order valence-electron chi connectivity index (χ0n) is 15.2. The molecule has 1 N–H and O–H groups in total. The minimum atomic E-state index is -4.91. The van der Waals surface area contributed by atoms with Gasteiger partial charge in [-0.15, -0.1) is 0 Å². The van der Waals surface area contributed by atoms with Gasteiger partial charge in [0, 0.05) is 26.1 Å². The van der Waals surface area contributed by atoms with Crippen LogP contribution in [0.4, 0.5) is 18.9 Å². The van der Waals surface area contributed by atoms with Gasteiger partial charge in [-0.3, -0.25) is 14.4 Å². The number of halogens is 3.